The molecule has 0 radical (unpaired) electrons. The zero-order chi connectivity index (χ0) is 23.0. The highest BCUT2D eigenvalue weighted by Gasteiger charge is 2.64. The first-order chi connectivity index (χ1) is 16.0. The summed E-state index contributed by atoms with van der Waals surface area (Å²) in [6.45, 7) is 0. The second-order valence-corrected chi connectivity index (χ2v) is 8.95. The molecule has 4 atom stereocenters. The van der Waals surface area contributed by atoms with Gasteiger partial charge in [0, 0.05) is 33.7 Å². The normalized spacial score (nSPS) is 24.4. The van der Waals surface area contributed by atoms with Gasteiger partial charge in [-0.15, -0.1) is 0 Å². The molecular weight excluding hydrogens is 420 g/mol. The molecule has 2 bridgehead atoms. The monoisotopic (exact) mass is 444 g/mol. The number of rotatable bonds is 4. The van der Waals surface area contributed by atoms with Crippen molar-refractivity contribution in [3.05, 3.63) is 58.7 Å². The number of hydrogen-bond donors (Lipinski definition) is 0. The standard InChI is InChI=1S/C27H24O6/c1-30-24-14-9-12-7-5-6-8-13(12)10-15(14)25(31-2)21-17-11-16(20(21)24)18-19(17)23(27(29)33-4)22(18)26(28)32-3/h5-10,16-19H,11H2,1-4H3/t16-,17+,18+,19-. The second-order valence-electron chi connectivity index (χ2n) is 8.95. The molecule has 1 saturated carbocycles. The molecule has 0 aromatic heterocycles. The Morgan fingerprint density at radius 1 is 0.727 bits per heavy atom. The molecule has 0 heterocycles. The van der Waals surface area contributed by atoms with Crippen LogP contribution in [0.15, 0.2) is 47.5 Å². The Hall–Kier alpha value is -3.54. The molecule has 3 aromatic carbocycles. The van der Waals surface area contributed by atoms with E-state index in [1.807, 2.05) is 12.1 Å². The fourth-order valence-corrected chi connectivity index (χ4v) is 6.73. The molecular formula is C27H24O6. The van der Waals surface area contributed by atoms with Crippen molar-refractivity contribution >= 4 is 33.5 Å². The lowest BCUT2D eigenvalue weighted by Crippen LogP contribution is -2.42. The van der Waals surface area contributed by atoms with Crippen LogP contribution in [0.2, 0.25) is 0 Å². The van der Waals surface area contributed by atoms with Crippen molar-refractivity contribution in [1.29, 1.82) is 0 Å². The third kappa shape index (κ3) is 2.38. The van der Waals surface area contributed by atoms with Crippen LogP contribution in [0.25, 0.3) is 21.5 Å². The Labute approximate surface area is 191 Å². The summed E-state index contributed by atoms with van der Waals surface area (Å²) in [4.78, 5) is 25.3. The van der Waals surface area contributed by atoms with Crippen molar-refractivity contribution < 1.29 is 28.5 Å². The van der Waals surface area contributed by atoms with Crippen LogP contribution >= 0.6 is 0 Å². The van der Waals surface area contributed by atoms with Gasteiger partial charge in [-0.05, 0) is 41.2 Å². The van der Waals surface area contributed by atoms with Crippen LogP contribution in [-0.4, -0.2) is 40.4 Å². The summed E-state index contributed by atoms with van der Waals surface area (Å²) in [6.07, 6.45) is 0.828. The van der Waals surface area contributed by atoms with E-state index >= 15 is 0 Å². The summed E-state index contributed by atoms with van der Waals surface area (Å²) < 4.78 is 22.1. The van der Waals surface area contributed by atoms with Gasteiger partial charge < -0.3 is 18.9 Å². The maximum absolute atomic E-state index is 12.6. The van der Waals surface area contributed by atoms with Gasteiger partial charge in [0.2, 0.25) is 0 Å². The fourth-order valence-electron chi connectivity index (χ4n) is 6.73. The minimum absolute atomic E-state index is 0.0530. The Kier molecular flexibility index (Phi) is 4.25. The average Bonchev–Trinajstić information content (AvgIpc) is 3.33. The van der Waals surface area contributed by atoms with Crippen LogP contribution in [0.3, 0.4) is 0 Å². The fraction of sp³-hybridized carbons (Fsp3) is 0.333. The number of ether oxygens (including phenoxy) is 4. The van der Waals surface area contributed by atoms with Crippen molar-refractivity contribution in [3.63, 3.8) is 0 Å². The lowest BCUT2D eigenvalue weighted by atomic mass is 9.59. The highest BCUT2D eigenvalue weighted by atomic mass is 16.5. The summed E-state index contributed by atoms with van der Waals surface area (Å²) in [5.41, 5.74) is 3.08. The van der Waals surface area contributed by atoms with E-state index < -0.39 is 11.9 Å². The number of esters is 2. The molecule has 6 nitrogen and oxygen atoms in total. The average molecular weight is 444 g/mol. The second kappa shape index (κ2) is 6.98. The molecule has 1 fully saturated rings. The van der Waals surface area contributed by atoms with Gasteiger partial charge in [-0.2, -0.15) is 0 Å². The van der Waals surface area contributed by atoms with Gasteiger partial charge >= 0.3 is 11.9 Å². The van der Waals surface area contributed by atoms with Crippen LogP contribution in [-0.2, 0) is 19.1 Å². The van der Waals surface area contributed by atoms with E-state index in [1.54, 1.807) is 14.2 Å². The van der Waals surface area contributed by atoms with E-state index in [-0.39, 0.29) is 23.7 Å². The van der Waals surface area contributed by atoms with E-state index in [1.165, 1.54) is 14.2 Å². The molecule has 0 unspecified atom stereocenters. The third-order valence-corrected chi connectivity index (χ3v) is 7.83. The van der Waals surface area contributed by atoms with E-state index in [9.17, 15) is 9.59 Å². The minimum Gasteiger partial charge on any atom is -0.496 e. The molecule has 6 heteroatoms. The lowest BCUT2D eigenvalue weighted by molar-refractivity contribution is -0.142. The molecule has 0 saturated heterocycles. The van der Waals surface area contributed by atoms with Crippen LogP contribution in [0.4, 0.5) is 0 Å². The first kappa shape index (κ1) is 20.1. The minimum atomic E-state index is -0.455. The Morgan fingerprint density at radius 2 is 1.15 bits per heavy atom. The zero-order valence-corrected chi connectivity index (χ0v) is 18.9. The number of benzene rings is 3. The van der Waals surface area contributed by atoms with Gasteiger partial charge in [-0.25, -0.2) is 9.59 Å². The number of carbonyl (C=O) groups excluding carboxylic acids is 2. The summed E-state index contributed by atoms with van der Waals surface area (Å²) >= 11 is 0. The summed E-state index contributed by atoms with van der Waals surface area (Å²) in [6, 6.07) is 12.5. The molecule has 3 aliphatic rings. The highest BCUT2D eigenvalue weighted by Crippen LogP contribution is 2.72. The van der Waals surface area contributed by atoms with Gasteiger partial charge in [0.15, 0.2) is 0 Å². The number of carbonyl (C=O) groups is 2. The first-order valence-electron chi connectivity index (χ1n) is 11.1. The summed E-state index contributed by atoms with van der Waals surface area (Å²) in [5, 5.41) is 4.23. The molecule has 3 aromatic rings. The Bertz CT molecular complexity index is 1300. The molecule has 0 N–H and O–H groups in total. The van der Waals surface area contributed by atoms with Crippen molar-refractivity contribution in [1.82, 2.24) is 0 Å². The highest BCUT2D eigenvalue weighted by molar-refractivity contribution is 6.08. The molecule has 0 spiro atoms. The Balaban J connectivity index is 1.64. The van der Waals surface area contributed by atoms with Gasteiger partial charge in [0.05, 0.1) is 39.6 Å². The SMILES string of the molecule is COC(=O)C1=C(C(=O)OC)[C@H]2[C@@H]1[C@H]1C[C@@H]2c2c1c(OC)c1cc3ccccc3cc1c2OC. The quantitative estimate of drug-likeness (QED) is 0.436. The molecule has 168 valence electrons. The molecule has 3 aliphatic carbocycles. The predicted molar refractivity (Wildman–Crippen MR) is 123 cm³/mol. The van der Waals surface area contributed by atoms with Gasteiger partial charge in [-0.1, -0.05) is 24.3 Å². The van der Waals surface area contributed by atoms with E-state index in [2.05, 4.69) is 24.3 Å². The smallest absolute Gasteiger partial charge is 0.334 e. The van der Waals surface area contributed by atoms with E-state index in [0.29, 0.717) is 11.1 Å². The Morgan fingerprint density at radius 3 is 1.52 bits per heavy atom. The van der Waals surface area contributed by atoms with Crippen molar-refractivity contribution in [2.75, 3.05) is 28.4 Å². The topological polar surface area (TPSA) is 71.1 Å². The molecule has 33 heavy (non-hydrogen) atoms. The van der Waals surface area contributed by atoms with E-state index in [0.717, 1.165) is 50.6 Å². The summed E-state index contributed by atoms with van der Waals surface area (Å²) in [7, 11) is 6.08. The van der Waals surface area contributed by atoms with Crippen molar-refractivity contribution in [3.8, 4) is 11.5 Å². The van der Waals surface area contributed by atoms with Gasteiger partial charge in [0.25, 0.3) is 0 Å². The molecule has 0 aliphatic heterocycles. The van der Waals surface area contributed by atoms with Crippen molar-refractivity contribution in [2.45, 2.75) is 18.3 Å². The van der Waals surface area contributed by atoms with Crippen LogP contribution in [0.1, 0.15) is 29.4 Å². The summed E-state index contributed by atoms with van der Waals surface area (Å²) in [5.74, 6) is 0.684. The lowest BCUT2D eigenvalue weighted by Gasteiger charge is -2.43. The van der Waals surface area contributed by atoms with E-state index in [4.69, 9.17) is 18.9 Å². The van der Waals surface area contributed by atoms with Crippen LogP contribution < -0.4 is 9.47 Å². The van der Waals surface area contributed by atoms with Crippen LogP contribution in [0, 0.1) is 11.8 Å². The van der Waals surface area contributed by atoms with Crippen LogP contribution in [0.5, 0.6) is 11.5 Å². The zero-order valence-electron chi connectivity index (χ0n) is 18.9. The van der Waals surface area contributed by atoms with Gasteiger partial charge in [0.1, 0.15) is 11.5 Å². The third-order valence-electron chi connectivity index (χ3n) is 7.83. The number of methoxy groups -OCH3 is 4. The first-order valence-corrected chi connectivity index (χ1v) is 11.1. The molecule has 0 amide bonds. The maximum atomic E-state index is 12.6. The number of fused-ring (bicyclic) bond motifs is 10. The largest absolute Gasteiger partial charge is 0.496 e. The predicted octanol–water partition coefficient (Wildman–Crippen LogP) is 4.48. The van der Waals surface area contributed by atoms with Crippen molar-refractivity contribution in [2.24, 2.45) is 11.8 Å². The maximum Gasteiger partial charge on any atom is 0.334 e. The number of hydrogen-bond acceptors (Lipinski definition) is 6. The van der Waals surface area contributed by atoms with Gasteiger partial charge in [-0.3, -0.25) is 0 Å². The molecule has 6 rings (SSSR count).